The molecule has 1 aromatic heterocycles. The summed E-state index contributed by atoms with van der Waals surface area (Å²) in [5.41, 5.74) is -1.79. The highest BCUT2D eigenvalue weighted by Gasteiger charge is 2.34. The largest absolute Gasteiger partial charge is 0.435 e. The number of aromatic nitrogens is 2. The van der Waals surface area contributed by atoms with Gasteiger partial charge in [-0.3, -0.25) is 9.48 Å². The van der Waals surface area contributed by atoms with Gasteiger partial charge in [-0.2, -0.15) is 18.3 Å². The fourth-order valence-corrected chi connectivity index (χ4v) is 2.35. The molecule has 0 spiro atoms. The van der Waals surface area contributed by atoms with Gasteiger partial charge in [0.15, 0.2) is 5.69 Å². The first-order valence-electron chi connectivity index (χ1n) is 6.78. The lowest BCUT2D eigenvalue weighted by Gasteiger charge is -2.22. The van der Waals surface area contributed by atoms with Crippen molar-refractivity contribution < 1.29 is 23.1 Å². The Morgan fingerprint density at radius 3 is 2.76 bits per heavy atom. The number of carbonyl (C=O) groups is 1. The lowest BCUT2D eigenvalue weighted by Crippen LogP contribution is -2.36. The Labute approximate surface area is 120 Å². The third-order valence-corrected chi connectivity index (χ3v) is 3.64. The van der Waals surface area contributed by atoms with Crippen LogP contribution >= 0.6 is 0 Å². The molecule has 1 unspecified atom stereocenters. The van der Waals surface area contributed by atoms with Crippen molar-refractivity contribution in [1.29, 1.82) is 0 Å². The molecule has 2 rings (SSSR count). The summed E-state index contributed by atoms with van der Waals surface area (Å²) < 4.78 is 38.3. The van der Waals surface area contributed by atoms with Crippen LogP contribution in [0, 0.1) is 0 Å². The van der Waals surface area contributed by atoms with E-state index in [0.29, 0.717) is 32.4 Å². The summed E-state index contributed by atoms with van der Waals surface area (Å²) in [6.07, 6.45) is -1.61. The zero-order valence-corrected chi connectivity index (χ0v) is 11.7. The summed E-state index contributed by atoms with van der Waals surface area (Å²) in [6.45, 7) is 2.41. The van der Waals surface area contributed by atoms with Crippen molar-refractivity contribution in [2.24, 2.45) is 0 Å². The van der Waals surface area contributed by atoms with E-state index < -0.39 is 17.5 Å². The highest BCUT2D eigenvalue weighted by molar-refractivity contribution is 5.75. The summed E-state index contributed by atoms with van der Waals surface area (Å²) in [5, 5.41) is 13.3. The molecule has 118 valence electrons. The molecular formula is C13H18F3N3O2. The summed E-state index contributed by atoms with van der Waals surface area (Å²) in [6, 6.07) is 0.848. The van der Waals surface area contributed by atoms with Gasteiger partial charge in [-0.1, -0.05) is 0 Å². The molecule has 0 bridgehead atoms. The molecule has 0 aromatic carbocycles. The Morgan fingerprint density at radius 1 is 1.43 bits per heavy atom. The van der Waals surface area contributed by atoms with Crippen molar-refractivity contribution in [3.05, 3.63) is 18.0 Å². The van der Waals surface area contributed by atoms with Crippen molar-refractivity contribution in [1.82, 2.24) is 14.7 Å². The van der Waals surface area contributed by atoms with Crippen LogP contribution in [0.25, 0.3) is 0 Å². The SMILES string of the molecule is CC1(O)CCCN(C(=O)Cn2ccc(C(F)(F)F)n2)CC1. The summed E-state index contributed by atoms with van der Waals surface area (Å²) in [4.78, 5) is 13.7. The van der Waals surface area contributed by atoms with Gasteiger partial charge < -0.3 is 10.0 Å². The van der Waals surface area contributed by atoms with E-state index in [4.69, 9.17) is 0 Å². The summed E-state index contributed by atoms with van der Waals surface area (Å²) in [5.74, 6) is -0.287. The van der Waals surface area contributed by atoms with Crippen LogP contribution in [0.15, 0.2) is 12.3 Å². The van der Waals surface area contributed by atoms with Gasteiger partial charge in [-0.15, -0.1) is 0 Å². The Hall–Kier alpha value is -1.57. The standard InChI is InChI=1S/C13H18F3N3O2/c1-12(21)4-2-6-18(8-5-12)11(20)9-19-7-3-10(17-19)13(14,15)16/h3,7,21H,2,4-6,8-9H2,1H3. The van der Waals surface area contributed by atoms with E-state index >= 15 is 0 Å². The van der Waals surface area contributed by atoms with Crippen LogP contribution in [0.1, 0.15) is 31.9 Å². The molecule has 5 nitrogen and oxygen atoms in total. The molecule has 8 heteroatoms. The fourth-order valence-electron chi connectivity index (χ4n) is 2.35. The number of aliphatic hydroxyl groups is 1. The fraction of sp³-hybridized carbons (Fsp3) is 0.692. The van der Waals surface area contributed by atoms with Crippen LogP contribution in [-0.2, 0) is 17.5 Å². The van der Waals surface area contributed by atoms with Gasteiger partial charge in [0.2, 0.25) is 5.91 Å². The Bertz CT molecular complexity index is 511. The van der Waals surface area contributed by atoms with Crippen molar-refractivity contribution in [2.75, 3.05) is 13.1 Å². The minimum Gasteiger partial charge on any atom is -0.390 e. The average Bonchev–Trinajstić information content (AvgIpc) is 2.73. The molecular weight excluding hydrogens is 287 g/mol. The van der Waals surface area contributed by atoms with Gasteiger partial charge in [0.05, 0.1) is 5.60 Å². The van der Waals surface area contributed by atoms with Crippen molar-refractivity contribution in [3.8, 4) is 0 Å². The van der Waals surface area contributed by atoms with E-state index in [-0.39, 0.29) is 12.5 Å². The number of nitrogens with zero attached hydrogens (tertiary/aromatic N) is 3. The molecule has 1 N–H and O–H groups in total. The number of hydrogen-bond acceptors (Lipinski definition) is 3. The maximum Gasteiger partial charge on any atom is 0.435 e. The van der Waals surface area contributed by atoms with Gasteiger partial charge in [0, 0.05) is 19.3 Å². The van der Waals surface area contributed by atoms with Crippen molar-refractivity contribution >= 4 is 5.91 Å². The second-order valence-electron chi connectivity index (χ2n) is 5.63. The summed E-state index contributed by atoms with van der Waals surface area (Å²) in [7, 11) is 0. The Balaban J connectivity index is 1.97. The number of amides is 1. The molecule has 1 amide bonds. The highest BCUT2D eigenvalue weighted by atomic mass is 19.4. The van der Waals surface area contributed by atoms with E-state index in [2.05, 4.69) is 5.10 Å². The first kappa shape index (κ1) is 15.8. The summed E-state index contributed by atoms with van der Waals surface area (Å²) >= 11 is 0. The smallest absolute Gasteiger partial charge is 0.390 e. The highest BCUT2D eigenvalue weighted by Crippen LogP contribution is 2.27. The number of carbonyl (C=O) groups excluding carboxylic acids is 1. The second-order valence-corrected chi connectivity index (χ2v) is 5.63. The molecule has 0 aliphatic carbocycles. The van der Waals surface area contributed by atoms with E-state index in [1.807, 2.05) is 0 Å². The molecule has 0 radical (unpaired) electrons. The molecule has 2 heterocycles. The monoisotopic (exact) mass is 305 g/mol. The molecule has 1 saturated heterocycles. The molecule has 1 aromatic rings. The number of hydrogen-bond donors (Lipinski definition) is 1. The maximum absolute atomic E-state index is 12.4. The predicted molar refractivity (Wildman–Crippen MR) is 68.3 cm³/mol. The minimum absolute atomic E-state index is 0.224. The van der Waals surface area contributed by atoms with Crippen LogP contribution in [0.3, 0.4) is 0 Å². The van der Waals surface area contributed by atoms with Crippen LogP contribution < -0.4 is 0 Å². The molecule has 1 aliphatic heterocycles. The molecule has 1 atom stereocenters. The number of alkyl halides is 3. The first-order chi connectivity index (χ1) is 9.67. The van der Waals surface area contributed by atoms with Gasteiger partial charge in [0.25, 0.3) is 0 Å². The average molecular weight is 305 g/mol. The Morgan fingerprint density at radius 2 is 2.14 bits per heavy atom. The van der Waals surface area contributed by atoms with Gasteiger partial charge in [-0.25, -0.2) is 0 Å². The van der Waals surface area contributed by atoms with E-state index in [9.17, 15) is 23.1 Å². The van der Waals surface area contributed by atoms with Gasteiger partial charge >= 0.3 is 6.18 Å². The Kier molecular flexibility index (Phi) is 4.27. The zero-order chi connectivity index (χ0) is 15.7. The molecule has 1 fully saturated rings. The maximum atomic E-state index is 12.4. The van der Waals surface area contributed by atoms with Gasteiger partial charge in [-0.05, 0) is 32.3 Å². The molecule has 1 aliphatic rings. The third kappa shape index (κ3) is 4.20. The van der Waals surface area contributed by atoms with Crippen LogP contribution in [-0.4, -0.2) is 44.4 Å². The lowest BCUT2D eigenvalue weighted by molar-refractivity contribution is -0.142. The predicted octanol–water partition coefficient (Wildman–Crippen LogP) is 1.67. The van der Waals surface area contributed by atoms with Gasteiger partial charge in [0.1, 0.15) is 6.54 Å². The van der Waals surface area contributed by atoms with Crippen LogP contribution in [0.5, 0.6) is 0 Å². The quantitative estimate of drug-likeness (QED) is 0.904. The normalized spacial score (nSPS) is 24.0. The zero-order valence-electron chi connectivity index (χ0n) is 11.7. The topological polar surface area (TPSA) is 58.4 Å². The van der Waals surface area contributed by atoms with Crippen LogP contribution in [0.4, 0.5) is 13.2 Å². The molecule has 0 saturated carbocycles. The number of likely N-dealkylation sites (tertiary alicyclic amines) is 1. The first-order valence-corrected chi connectivity index (χ1v) is 6.78. The second kappa shape index (κ2) is 5.67. The number of rotatable bonds is 2. The van der Waals surface area contributed by atoms with E-state index in [1.165, 1.54) is 0 Å². The van der Waals surface area contributed by atoms with E-state index in [1.54, 1.807) is 11.8 Å². The van der Waals surface area contributed by atoms with E-state index in [0.717, 1.165) is 16.9 Å². The van der Waals surface area contributed by atoms with Crippen molar-refractivity contribution in [3.63, 3.8) is 0 Å². The lowest BCUT2D eigenvalue weighted by atomic mass is 9.98. The molecule has 21 heavy (non-hydrogen) atoms. The van der Waals surface area contributed by atoms with Crippen molar-refractivity contribution in [2.45, 2.75) is 44.5 Å². The third-order valence-electron chi connectivity index (χ3n) is 3.64. The number of halogens is 3. The van der Waals surface area contributed by atoms with Crippen LogP contribution in [0.2, 0.25) is 0 Å². The minimum atomic E-state index is -4.50.